The van der Waals surface area contributed by atoms with E-state index in [1.807, 2.05) is 6.08 Å². The van der Waals surface area contributed by atoms with Gasteiger partial charge in [0.25, 0.3) is 0 Å². The average molecular weight is 294 g/mol. The van der Waals surface area contributed by atoms with E-state index in [0.717, 1.165) is 18.8 Å². The molecule has 0 amide bonds. The van der Waals surface area contributed by atoms with Crippen LogP contribution in [-0.2, 0) is 0 Å². The van der Waals surface area contributed by atoms with Gasteiger partial charge in [0, 0.05) is 11.8 Å². The van der Waals surface area contributed by atoms with Crippen LogP contribution >= 0.6 is 0 Å². The van der Waals surface area contributed by atoms with E-state index in [-0.39, 0.29) is 5.92 Å². The lowest BCUT2D eigenvalue weighted by Crippen LogP contribution is -2.19. The van der Waals surface area contributed by atoms with Gasteiger partial charge in [0.2, 0.25) is 6.43 Å². The highest BCUT2D eigenvalue weighted by Crippen LogP contribution is 2.32. The summed E-state index contributed by atoms with van der Waals surface area (Å²) in [5.74, 6) is 8.01. The molecule has 0 saturated heterocycles. The molecule has 0 aromatic heterocycles. The molecule has 0 radical (unpaired) electrons. The van der Waals surface area contributed by atoms with Gasteiger partial charge in [-0.1, -0.05) is 31.3 Å². The Labute approximate surface area is 128 Å². The maximum absolute atomic E-state index is 12.6. The summed E-state index contributed by atoms with van der Waals surface area (Å²) in [5.41, 5.74) is 0. The molecule has 2 rings (SSSR count). The summed E-state index contributed by atoms with van der Waals surface area (Å²) < 4.78 is 25.1. The molecule has 118 valence electrons. The third kappa shape index (κ3) is 5.46. The summed E-state index contributed by atoms with van der Waals surface area (Å²) in [7, 11) is 0. The van der Waals surface area contributed by atoms with Gasteiger partial charge in [0.05, 0.1) is 0 Å². The first-order valence-electron chi connectivity index (χ1n) is 8.65. The van der Waals surface area contributed by atoms with Gasteiger partial charge in [-0.15, -0.1) is 0 Å². The molecule has 0 N–H and O–H groups in total. The van der Waals surface area contributed by atoms with Gasteiger partial charge >= 0.3 is 0 Å². The van der Waals surface area contributed by atoms with Crippen LogP contribution in [0.25, 0.3) is 0 Å². The summed E-state index contributed by atoms with van der Waals surface area (Å²) in [6.07, 6.45) is 11.7. The van der Waals surface area contributed by atoms with Crippen LogP contribution in [0.15, 0.2) is 12.2 Å². The standard InChI is InChI=1S/C19H28F2/c1-2-15-7-9-16(10-8-15)5-3-4-6-17-11-13-18(14-12-17)19(20)21/h3,5,15-19H,2,7-14H2,1H3/t15-,16-,17-,18-. The molecular weight excluding hydrogens is 266 g/mol. The largest absolute Gasteiger partial charge is 0.241 e. The molecule has 0 heterocycles. The molecule has 0 spiro atoms. The molecule has 0 aliphatic heterocycles. The molecule has 0 unspecified atom stereocenters. The Kier molecular flexibility index (Phi) is 6.74. The van der Waals surface area contributed by atoms with Crippen molar-refractivity contribution in [2.24, 2.45) is 23.7 Å². The third-order valence-corrected chi connectivity index (χ3v) is 5.34. The second-order valence-corrected chi connectivity index (χ2v) is 6.78. The zero-order valence-corrected chi connectivity index (χ0v) is 13.2. The quantitative estimate of drug-likeness (QED) is 0.574. The number of alkyl halides is 2. The molecule has 0 nitrogen and oxygen atoms in total. The Balaban J connectivity index is 1.68. The van der Waals surface area contributed by atoms with Crippen LogP contribution in [0.4, 0.5) is 8.78 Å². The van der Waals surface area contributed by atoms with E-state index in [0.29, 0.717) is 24.7 Å². The predicted molar refractivity (Wildman–Crippen MR) is 84.1 cm³/mol. The smallest absolute Gasteiger partial charge is 0.210 e. The first kappa shape index (κ1) is 16.5. The Bertz CT molecular complexity index is 372. The highest BCUT2D eigenvalue weighted by atomic mass is 19.3. The van der Waals surface area contributed by atoms with Crippen LogP contribution in [0.3, 0.4) is 0 Å². The maximum atomic E-state index is 12.6. The lowest BCUT2D eigenvalue weighted by Gasteiger charge is -2.25. The normalized spacial score (nSPS) is 33.9. The first-order chi connectivity index (χ1) is 10.2. The third-order valence-electron chi connectivity index (χ3n) is 5.34. The van der Waals surface area contributed by atoms with Gasteiger partial charge in [-0.3, -0.25) is 0 Å². The Hall–Kier alpha value is -0.840. The summed E-state index contributed by atoms with van der Waals surface area (Å²) in [6, 6.07) is 0. The molecule has 2 aliphatic rings. The predicted octanol–water partition coefficient (Wildman–Crippen LogP) is 5.83. The monoisotopic (exact) mass is 294 g/mol. The molecule has 2 heteroatoms. The summed E-state index contributed by atoms with van der Waals surface area (Å²) >= 11 is 0. The number of hydrogen-bond acceptors (Lipinski definition) is 0. The van der Waals surface area contributed by atoms with E-state index in [2.05, 4.69) is 24.8 Å². The van der Waals surface area contributed by atoms with Gasteiger partial charge < -0.3 is 0 Å². The minimum absolute atomic E-state index is 0.334. The maximum Gasteiger partial charge on any atom is 0.241 e. The molecular formula is C19H28F2. The van der Waals surface area contributed by atoms with Crippen molar-refractivity contribution in [3.63, 3.8) is 0 Å². The van der Waals surface area contributed by atoms with Gasteiger partial charge in [-0.05, 0) is 69.3 Å². The lowest BCUT2D eigenvalue weighted by molar-refractivity contribution is 0.0513. The minimum atomic E-state index is -2.14. The SMILES string of the molecule is CC[C@H]1CC[C@H](C=CC#C[C@H]2CC[C@H](C(F)F)CC2)CC1. The number of hydrogen-bond donors (Lipinski definition) is 0. The van der Waals surface area contributed by atoms with Crippen molar-refractivity contribution in [3.05, 3.63) is 12.2 Å². The van der Waals surface area contributed by atoms with Crippen molar-refractivity contribution in [2.75, 3.05) is 0 Å². The Morgan fingerprint density at radius 3 is 2.24 bits per heavy atom. The fraction of sp³-hybridized carbons (Fsp3) is 0.789. The molecule has 2 fully saturated rings. The molecule has 0 aromatic rings. The highest BCUT2D eigenvalue weighted by Gasteiger charge is 2.26. The fourth-order valence-electron chi connectivity index (χ4n) is 3.65. The molecule has 2 saturated carbocycles. The zero-order chi connectivity index (χ0) is 15.1. The fourth-order valence-corrected chi connectivity index (χ4v) is 3.65. The number of halogens is 2. The van der Waals surface area contributed by atoms with Crippen LogP contribution in [0.1, 0.15) is 64.7 Å². The molecule has 0 atom stereocenters. The average Bonchev–Trinajstić information content (AvgIpc) is 2.52. The minimum Gasteiger partial charge on any atom is -0.210 e. The van der Waals surface area contributed by atoms with Crippen molar-refractivity contribution < 1.29 is 8.78 Å². The summed E-state index contributed by atoms with van der Waals surface area (Å²) in [4.78, 5) is 0. The molecule has 0 aromatic carbocycles. The van der Waals surface area contributed by atoms with Crippen LogP contribution in [0.2, 0.25) is 0 Å². The summed E-state index contributed by atoms with van der Waals surface area (Å²) in [5, 5.41) is 0. The van der Waals surface area contributed by atoms with E-state index in [1.165, 1.54) is 32.1 Å². The van der Waals surface area contributed by atoms with E-state index >= 15 is 0 Å². The van der Waals surface area contributed by atoms with Crippen molar-refractivity contribution in [2.45, 2.75) is 71.1 Å². The first-order valence-corrected chi connectivity index (χ1v) is 8.65. The van der Waals surface area contributed by atoms with Crippen LogP contribution in [0, 0.1) is 35.5 Å². The van der Waals surface area contributed by atoms with Crippen LogP contribution in [0.5, 0.6) is 0 Å². The molecule has 0 bridgehead atoms. The van der Waals surface area contributed by atoms with Gasteiger partial charge in [0.1, 0.15) is 0 Å². The van der Waals surface area contributed by atoms with E-state index < -0.39 is 6.43 Å². The van der Waals surface area contributed by atoms with E-state index in [1.54, 1.807) is 0 Å². The Morgan fingerprint density at radius 2 is 1.67 bits per heavy atom. The highest BCUT2D eigenvalue weighted by molar-refractivity contribution is 5.18. The van der Waals surface area contributed by atoms with Gasteiger partial charge in [-0.25, -0.2) is 8.78 Å². The number of allylic oxidation sites excluding steroid dienone is 2. The second kappa shape index (κ2) is 8.57. The summed E-state index contributed by atoms with van der Waals surface area (Å²) in [6.45, 7) is 2.29. The van der Waals surface area contributed by atoms with Gasteiger partial charge in [0.15, 0.2) is 0 Å². The molecule has 21 heavy (non-hydrogen) atoms. The lowest BCUT2D eigenvalue weighted by atomic mass is 9.81. The topological polar surface area (TPSA) is 0 Å². The zero-order valence-electron chi connectivity index (χ0n) is 13.2. The van der Waals surface area contributed by atoms with Crippen LogP contribution < -0.4 is 0 Å². The molecule has 2 aliphatic carbocycles. The number of rotatable bonds is 3. The van der Waals surface area contributed by atoms with Crippen LogP contribution in [-0.4, -0.2) is 6.43 Å². The van der Waals surface area contributed by atoms with Gasteiger partial charge in [-0.2, -0.15) is 0 Å². The van der Waals surface area contributed by atoms with Crippen molar-refractivity contribution >= 4 is 0 Å². The van der Waals surface area contributed by atoms with E-state index in [4.69, 9.17) is 0 Å². The van der Waals surface area contributed by atoms with E-state index in [9.17, 15) is 8.78 Å². The van der Waals surface area contributed by atoms with Crippen molar-refractivity contribution in [1.29, 1.82) is 0 Å². The van der Waals surface area contributed by atoms with Crippen molar-refractivity contribution in [1.82, 2.24) is 0 Å². The second-order valence-electron chi connectivity index (χ2n) is 6.78. The van der Waals surface area contributed by atoms with Crippen molar-refractivity contribution in [3.8, 4) is 11.8 Å². The Morgan fingerprint density at radius 1 is 1.00 bits per heavy atom.